The molecule has 0 amide bonds. The molecule has 19 heavy (non-hydrogen) atoms. The van der Waals surface area contributed by atoms with E-state index in [4.69, 9.17) is 0 Å². The molecule has 7 heteroatoms. The Labute approximate surface area is 119 Å². The number of halogens is 2. The van der Waals surface area contributed by atoms with Gasteiger partial charge in [-0.1, -0.05) is 6.07 Å². The van der Waals surface area contributed by atoms with Crippen molar-refractivity contribution in [2.75, 3.05) is 13.1 Å². The Bertz CT molecular complexity index is 531. The van der Waals surface area contributed by atoms with E-state index in [0.29, 0.717) is 12.1 Å². The van der Waals surface area contributed by atoms with Crippen LogP contribution in [0.3, 0.4) is 0 Å². The second kappa shape index (κ2) is 6.65. The quantitative estimate of drug-likeness (QED) is 0.891. The summed E-state index contributed by atoms with van der Waals surface area (Å²) in [7, 11) is -3.64. The highest BCUT2D eigenvalue weighted by Crippen LogP contribution is 2.17. The van der Waals surface area contributed by atoms with E-state index in [0.717, 1.165) is 25.5 Å². The molecule has 1 aromatic carbocycles. The Balaban J connectivity index is 0.00000180. The third kappa shape index (κ3) is 4.14. The van der Waals surface area contributed by atoms with Crippen LogP contribution < -0.4 is 10.0 Å². The van der Waals surface area contributed by atoms with E-state index < -0.39 is 15.8 Å². The van der Waals surface area contributed by atoms with Gasteiger partial charge in [-0.15, -0.1) is 12.4 Å². The fourth-order valence-corrected chi connectivity index (χ4v) is 3.63. The molecule has 1 atom stereocenters. The molecule has 1 heterocycles. The maximum atomic E-state index is 13.2. The second-order valence-electron chi connectivity index (χ2n) is 4.57. The Kier molecular flexibility index (Phi) is 5.73. The minimum atomic E-state index is -3.64. The summed E-state index contributed by atoms with van der Waals surface area (Å²) in [6, 6.07) is 3.68. The standard InChI is InChI=1S/C12H17FN2O2S.ClH/c1-9-4-5-10(13)7-12(9)18(16,17)15-11-3-2-6-14-8-11;/h4-5,7,11,14-15H,2-3,6,8H2,1H3;1H. The smallest absolute Gasteiger partial charge is 0.241 e. The van der Waals surface area contributed by atoms with Crippen LogP contribution in [0.1, 0.15) is 18.4 Å². The largest absolute Gasteiger partial charge is 0.315 e. The van der Waals surface area contributed by atoms with Crippen molar-refractivity contribution in [1.29, 1.82) is 0 Å². The summed E-state index contributed by atoms with van der Waals surface area (Å²) in [5.74, 6) is -0.539. The monoisotopic (exact) mass is 308 g/mol. The zero-order valence-corrected chi connectivity index (χ0v) is 12.3. The van der Waals surface area contributed by atoms with Crippen molar-refractivity contribution >= 4 is 22.4 Å². The van der Waals surface area contributed by atoms with Gasteiger partial charge in [-0.25, -0.2) is 17.5 Å². The molecule has 0 aliphatic carbocycles. The summed E-state index contributed by atoms with van der Waals surface area (Å²) in [5.41, 5.74) is 0.549. The first-order chi connectivity index (χ1) is 8.49. The Morgan fingerprint density at radius 3 is 2.79 bits per heavy atom. The predicted octanol–water partition coefficient (Wildman–Crippen LogP) is 1.59. The average Bonchev–Trinajstić information content (AvgIpc) is 2.33. The number of aryl methyl sites for hydroxylation is 1. The summed E-state index contributed by atoms with van der Waals surface area (Å²) >= 11 is 0. The predicted molar refractivity (Wildman–Crippen MR) is 74.6 cm³/mol. The molecule has 0 bridgehead atoms. The van der Waals surface area contributed by atoms with Crippen molar-refractivity contribution < 1.29 is 12.8 Å². The maximum absolute atomic E-state index is 13.2. The van der Waals surface area contributed by atoms with Crippen LogP contribution in [0.4, 0.5) is 4.39 Å². The van der Waals surface area contributed by atoms with Crippen molar-refractivity contribution in [2.24, 2.45) is 0 Å². The molecular weight excluding hydrogens is 291 g/mol. The molecule has 1 aliphatic rings. The van der Waals surface area contributed by atoms with Crippen molar-refractivity contribution in [1.82, 2.24) is 10.0 Å². The zero-order valence-electron chi connectivity index (χ0n) is 10.6. The minimum absolute atomic E-state index is 0. The van der Waals surface area contributed by atoms with Crippen LogP contribution in [0.5, 0.6) is 0 Å². The summed E-state index contributed by atoms with van der Waals surface area (Å²) in [6.07, 6.45) is 1.75. The molecule has 0 radical (unpaired) electrons. The number of hydrogen-bond acceptors (Lipinski definition) is 3. The van der Waals surface area contributed by atoms with Crippen molar-refractivity contribution in [3.05, 3.63) is 29.6 Å². The number of benzene rings is 1. The number of sulfonamides is 1. The van der Waals surface area contributed by atoms with Gasteiger partial charge in [0.25, 0.3) is 0 Å². The molecule has 1 saturated heterocycles. The molecule has 0 spiro atoms. The molecule has 2 N–H and O–H groups in total. The van der Waals surface area contributed by atoms with Crippen LogP contribution in [0.25, 0.3) is 0 Å². The molecule has 108 valence electrons. The molecular formula is C12H18ClFN2O2S. The summed E-state index contributed by atoms with van der Waals surface area (Å²) in [5, 5.41) is 3.13. The van der Waals surface area contributed by atoms with E-state index >= 15 is 0 Å². The summed E-state index contributed by atoms with van der Waals surface area (Å²) < 4.78 is 40.1. The van der Waals surface area contributed by atoms with Gasteiger partial charge in [-0.05, 0) is 44.0 Å². The second-order valence-corrected chi connectivity index (χ2v) is 6.26. The highest BCUT2D eigenvalue weighted by atomic mass is 35.5. The van der Waals surface area contributed by atoms with Gasteiger partial charge in [-0.3, -0.25) is 0 Å². The molecule has 0 saturated carbocycles. The number of nitrogens with one attached hydrogen (secondary N) is 2. The molecule has 0 aromatic heterocycles. The third-order valence-electron chi connectivity index (χ3n) is 3.06. The first kappa shape index (κ1) is 16.4. The maximum Gasteiger partial charge on any atom is 0.241 e. The van der Waals surface area contributed by atoms with E-state index in [2.05, 4.69) is 10.0 Å². The first-order valence-electron chi connectivity index (χ1n) is 5.98. The molecule has 1 aliphatic heterocycles. The third-order valence-corrected chi connectivity index (χ3v) is 4.72. The highest BCUT2D eigenvalue weighted by Gasteiger charge is 2.23. The van der Waals surface area contributed by atoms with Crippen molar-refractivity contribution in [2.45, 2.75) is 30.7 Å². The van der Waals surface area contributed by atoms with Gasteiger partial charge in [0.05, 0.1) is 4.90 Å². The number of rotatable bonds is 3. The number of hydrogen-bond donors (Lipinski definition) is 2. The SMILES string of the molecule is Cc1ccc(F)cc1S(=O)(=O)NC1CCCNC1.Cl. The van der Waals surface area contributed by atoms with Gasteiger partial charge >= 0.3 is 0 Å². The van der Waals surface area contributed by atoms with E-state index in [1.54, 1.807) is 6.92 Å². The normalized spacial score (nSPS) is 19.8. The molecule has 1 unspecified atom stereocenters. The first-order valence-corrected chi connectivity index (χ1v) is 7.46. The lowest BCUT2D eigenvalue weighted by Gasteiger charge is -2.24. The van der Waals surface area contributed by atoms with Gasteiger partial charge in [0, 0.05) is 12.6 Å². The zero-order chi connectivity index (χ0) is 13.2. The summed E-state index contributed by atoms with van der Waals surface area (Å²) in [4.78, 5) is 0.0214. The minimum Gasteiger partial charge on any atom is -0.315 e. The lowest BCUT2D eigenvalue weighted by Crippen LogP contribution is -2.45. The van der Waals surface area contributed by atoms with Crippen molar-refractivity contribution in [3.8, 4) is 0 Å². The van der Waals surface area contributed by atoms with Crippen LogP contribution in [-0.4, -0.2) is 27.5 Å². The number of piperidine rings is 1. The average molecular weight is 309 g/mol. The van der Waals surface area contributed by atoms with Gasteiger partial charge < -0.3 is 5.32 Å². The summed E-state index contributed by atoms with van der Waals surface area (Å²) in [6.45, 7) is 3.19. The van der Waals surface area contributed by atoms with E-state index in [1.807, 2.05) is 0 Å². The van der Waals surface area contributed by atoms with Gasteiger partial charge in [-0.2, -0.15) is 0 Å². The Morgan fingerprint density at radius 2 is 2.16 bits per heavy atom. The fourth-order valence-electron chi connectivity index (χ4n) is 2.10. The lowest BCUT2D eigenvalue weighted by molar-refractivity contribution is 0.428. The molecule has 4 nitrogen and oxygen atoms in total. The van der Waals surface area contributed by atoms with Gasteiger partial charge in [0.2, 0.25) is 10.0 Å². The van der Waals surface area contributed by atoms with Crippen LogP contribution in [0.2, 0.25) is 0 Å². The fraction of sp³-hybridized carbons (Fsp3) is 0.500. The Morgan fingerprint density at radius 1 is 1.42 bits per heavy atom. The van der Waals surface area contributed by atoms with Crippen LogP contribution in [0, 0.1) is 12.7 Å². The molecule has 2 rings (SSSR count). The lowest BCUT2D eigenvalue weighted by atomic mass is 10.1. The molecule has 1 aromatic rings. The van der Waals surface area contributed by atoms with Gasteiger partial charge in [0.15, 0.2) is 0 Å². The Hall–Kier alpha value is -0.690. The van der Waals surface area contributed by atoms with Gasteiger partial charge in [0.1, 0.15) is 5.82 Å². The van der Waals surface area contributed by atoms with E-state index in [9.17, 15) is 12.8 Å². The van der Waals surface area contributed by atoms with Crippen LogP contribution in [0.15, 0.2) is 23.1 Å². The highest BCUT2D eigenvalue weighted by molar-refractivity contribution is 7.89. The van der Waals surface area contributed by atoms with E-state index in [-0.39, 0.29) is 23.3 Å². The topological polar surface area (TPSA) is 58.2 Å². The van der Waals surface area contributed by atoms with Crippen LogP contribution in [-0.2, 0) is 10.0 Å². The molecule has 1 fully saturated rings. The van der Waals surface area contributed by atoms with Crippen LogP contribution >= 0.6 is 12.4 Å². The van der Waals surface area contributed by atoms with Crippen molar-refractivity contribution in [3.63, 3.8) is 0 Å². The van der Waals surface area contributed by atoms with E-state index in [1.165, 1.54) is 12.1 Å².